The molecule has 160 valence electrons. The number of nitrogens with zero attached hydrogens (tertiary/aromatic N) is 6. The van der Waals surface area contributed by atoms with Gasteiger partial charge in [0.1, 0.15) is 0 Å². The molecule has 0 saturated carbocycles. The van der Waals surface area contributed by atoms with Crippen LogP contribution in [-0.4, -0.2) is 46.1 Å². The second kappa shape index (κ2) is 8.49. The monoisotopic (exact) mass is 436 g/mol. The third-order valence-corrected chi connectivity index (χ3v) is 6.88. The molecule has 1 aliphatic heterocycles. The molecule has 1 atom stereocenters. The van der Waals surface area contributed by atoms with E-state index in [0.29, 0.717) is 25.1 Å². The Hall–Kier alpha value is -3.22. The molecule has 1 aromatic carbocycles. The summed E-state index contributed by atoms with van der Waals surface area (Å²) >= 11 is 0. The van der Waals surface area contributed by atoms with Crippen molar-refractivity contribution < 1.29 is 8.42 Å². The van der Waals surface area contributed by atoms with Crippen LogP contribution in [0.15, 0.2) is 55.2 Å². The number of aromatic nitrogens is 3. The zero-order valence-electron chi connectivity index (χ0n) is 17.5. The molecule has 9 heteroatoms. The van der Waals surface area contributed by atoms with Crippen molar-refractivity contribution in [2.75, 3.05) is 17.7 Å². The molecule has 3 heterocycles. The van der Waals surface area contributed by atoms with Crippen molar-refractivity contribution in [2.24, 2.45) is 7.05 Å². The molecule has 0 spiro atoms. The Morgan fingerprint density at radius 2 is 2.06 bits per heavy atom. The van der Waals surface area contributed by atoms with Gasteiger partial charge in [-0.2, -0.15) is 9.57 Å². The van der Waals surface area contributed by atoms with Crippen molar-refractivity contribution in [3.05, 3.63) is 77.6 Å². The summed E-state index contributed by atoms with van der Waals surface area (Å²) in [4.78, 5) is 10.6. The van der Waals surface area contributed by atoms with Gasteiger partial charge in [-0.3, -0.25) is 4.98 Å². The number of rotatable bonds is 5. The summed E-state index contributed by atoms with van der Waals surface area (Å²) < 4.78 is 29.1. The molecular formula is C22H24N6O2S. The summed E-state index contributed by atoms with van der Waals surface area (Å²) in [6, 6.07) is 11.2. The van der Waals surface area contributed by atoms with Crippen molar-refractivity contribution in [3.63, 3.8) is 0 Å². The first-order chi connectivity index (χ1) is 14.8. The van der Waals surface area contributed by atoms with Crippen molar-refractivity contribution in [2.45, 2.75) is 25.6 Å². The van der Waals surface area contributed by atoms with Crippen LogP contribution in [0, 0.1) is 11.3 Å². The third-order valence-electron chi connectivity index (χ3n) is 5.60. The van der Waals surface area contributed by atoms with Gasteiger partial charge in [0.05, 0.1) is 36.5 Å². The fraction of sp³-hybridized carbons (Fsp3) is 0.318. The maximum atomic E-state index is 12.8. The molecule has 0 bridgehead atoms. The van der Waals surface area contributed by atoms with Crippen LogP contribution in [-0.2, 0) is 36.6 Å². The highest BCUT2D eigenvalue weighted by atomic mass is 32.2. The number of sulfonamides is 1. The average molecular weight is 437 g/mol. The quantitative estimate of drug-likeness (QED) is 0.608. The van der Waals surface area contributed by atoms with Crippen LogP contribution in [0.4, 0.5) is 5.69 Å². The van der Waals surface area contributed by atoms with Gasteiger partial charge in [0.2, 0.25) is 10.0 Å². The number of hydrogen-bond acceptors (Lipinski definition) is 6. The van der Waals surface area contributed by atoms with Gasteiger partial charge in [-0.15, -0.1) is 0 Å². The summed E-state index contributed by atoms with van der Waals surface area (Å²) in [5.41, 5.74) is 4.26. The minimum Gasteiger partial charge on any atom is -0.364 e. The first-order valence-electron chi connectivity index (χ1n) is 9.94. The highest BCUT2D eigenvalue weighted by molar-refractivity contribution is 7.88. The van der Waals surface area contributed by atoms with Gasteiger partial charge in [-0.25, -0.2) is 13.4 Å². The SMILES string of the molecule is Cn1cncc1CN1CC(Cc2cccnc2)N(S(C)(=O)=O)Cc2cc(C#N)ccc21. The maximum absolute atomic E-state index is 12.8. The molecular weight excluding hydrogens is 412 g/mol. The van der Waals surface area contributed by atoms with Crippen LogP contribution in [0.1, 0.15) is 22.4 Å². The maximum Gasteiger partial charge on any atom is 0.211 e. The first kappa shape index (κ1) is 21.0. The molecule has 0 saturated heterocycles. The summed E-state index contributed by atoms with van der Waals surface area (Å²) in [7, 11) is -1.55. The Morgan fingerprint density at radius 1 is 1.23 bits per heavy atom. The third kappa shape index (κ3) is 4.60. The lowest BCUT2D eigenvalue weighted by Crippen LogP contribution is -2.45. The predicted molar refractivity (Wildman–Crippen MR) is 118 cm³/mol. The van der Waals surface area contributed by atoms with Crippen molar-refractivity contribution in [1.82, 2.24) is 18.8 Å². The zero-order chi connectivity index (χ0) is 22.0. The molecule has 1 unspecified atom stereocenters. The van der Waals surface area contributed by atoms with E-state index in [9.17, 15) is 13.7 Å². The van der Waals surface area contributed by atoms with Gasteiger partial charge in [-0.1, -0.05) is 6.07 Å². The topological polar surface area (TPSA) is 95.1 Å². The van der Waals surface area contributed by atoms with E-state index < -0.39 is 10.0 Å². The Morgan fingerprint density at radius 3 is 2.71 bits per heavy atom. The van der Waals surface area contributed by atoms with E-state index in [2.05, 4.69) is 20.9 Å². The molecule has 1 aliphatic rings. The van der Waals surface area contributed by atoms with E-state index in [4.69, 9.17) is 0 Å². The molecule has 0 aliphatic carbocycles. The summed E-state index contributed by atoms with van der Waals surface area (Å²) in [5, 5.41) is 9.38. The van der Waals surface area contributed by atoms with Gasteiger partial charge in [0.25, 0.3) is 0 Å². The van der Waals surface area contributed by atoms with Crippen molar-refractivity contribution in [3.8, 4) is 6.07 Å². The summed E-state index contributed by atoms with van der Waals surface area (Å²) in [5.74, 6) is 0. The average Bonchev–Trinajstić information content (AvgIpc) is 3.07. The van der Waals surface area contributed by atoms with Crippen LogP contribution >= 0.6 is 0 Å². The van der Waals surface area contributed by atoms with Crippen LogP contribution in [0.2, 0.25) is 0 Å². The van der Waals surface area contributed by atoms with E-state index in [0.717, 1.165) is 22.5 Å². The highest BCUT2D eigenvalue weighted by Gasteiger charge is 2.33. The van der Waals surface area contributed by atoms with E-state index in [1.807, 2.05) is 36.0 Å². The Bertz CT molecular complexity index is 1220. The van der Waals surface area contributed by atoms with E-state index in [1.54, 1.807) is 35.2 Å². The van der Waals surface area contributed by atoms with Gasteiger partial charge >= 0.3 is 0 Å². The molecule has 0 radical (unpaired) electrons. The predicted octanol–water partition coefficient (Wildman–Crippen LogP) is 2.08. The van der Waals surface area contributed by atoms with Crippen molar-refractivity contribution >= 4 is 15.7 Å². The number of aryl methyl sites for hydroxylation is 1. The van der Waals surface area contributed by atoms with Gasteiger partial charge in [-0.05, 0) is 41.8 Å². The molecule has 8 nitrogen and oxygen atoms in total. The van der Waals surface area contributed by atoms with Gasteiger partial charge in [0.15, 0.2) is 0 Å². The molecule has 4 rings (SSSR count). The number of benzene rings is 1. The Kier molecular flexibility index (Phi) is 5.76. The number of fused-ring (bicyclic) bond motifs is 1. The highest BCUT2D eigenvalue weighted by Crippen LogP contribution is 2.31. The fourth-order valence-electron chi connectivity index (χ4n) is 4.06. The standard InChI is InChI=1S/C22H24N6O2S/c1-26-16-25-12-21(26)15-27-14-20(9-18-4-3-7-24-11-18)28(31(2,29)30)13-19-8-17(10-23)5-6-22(19)27/h3-8,11-12,16,20H,9,13-15H2,1-2H3. The zero-order valence-corrected chi connectivity index (χ0v) is 18.3. The molecule has 2 aromatic heterocycles. The van der Waals surface area contributed by atoms with Gasteiger partial charge < -0.3 is 9.47 Å². The largest absolute Gasteiger partial charge is 0.364 e. The minimum atomic E-state index is -3.49. The van der Waals surface area contributed by atoms with Crippen LogP contribution in [0.25, 0.3) is 0 Å². The number of anilines is 1. The molecule has 31 heavy (non-hydrogen) atoms. The number of nitriles is 1. The second-order valence-corrected chi connectivity index (χ2v) is 9.79. The van der Waals surface area contributed by atoms with Crippen LogP contribution < -0.4 is 4.90 Å². The van der Waals surface area contributed by atoms with E-state index in [-0.39, 0.29) is 12.6 Å². The van der Waals surface area contributed by atoms with E-state index in [1.165, 1.54) is 6.26 Å². The molecule has 0 amide bonds. The molecule has 3 aromatic rings. The van der Waals surface area contributed by atoms with Crippen LogP contribution in [0.3, 0.4) is 0 Å². The summed E-state index contributed by atoms with van der Waals surface area (Å²) in [6.07, 6.45) is 8.84. The van der Waals surface area contributed by atoms with Crippen LogP contribution in [0.5, 0.6) is 0 Å². The lowest BCUT2D eigenvalue weighted by molar-refractivity contribution is 0.320. The molecule has 0 fully saturated rings. The Labute approximate surface area is 182 Å². The number of hydrogen-bond donors (Lipinski definition) is 0. The van der Waals surface area contributed by atoms with E-state index >= 15 is 0 Å². The first-order valence-corrected chi connectivity index (χ1v) is 11.8. The van der Waals surface area contributed by atoms with Gasteiger partial charge in [0, 0.05) is 50.5 Å². The smallest absolute Gasteiger partial charge is 0.211 e. The number of imidazole rings is 1. The van der Waals surface area contributed by atoms with Crippen molar-refractivity contribution in [1.29, 1.82) is 5.26 Å². The minimum absolute atomic E-state index is 0.219. The Balaban J connectivity index is 1.79. The number of pyridine rings is 1. The lowest BCUT2D eigenvalue weighted by atomic mass is 10.1. The molecule has 0 N–H and O–H groups in total. The fourth-order valence-corrected chi connectivity index (χ4v) is 5.11. The normalized spacial score (nSPS) is 17.1. The second-order valence-electron chi connectivity index (χ2n) is 7.86. The summed E-state index contributed by atoms with van der Waals surface area (Å²) in [6.45, 7) is 1.30. The lowest BCUT2D eigenvalue weighted by Gasteiger charge is -2.31.